The van der Waals surface area contributed by atoms with Gasteiger partial charge in [-0.05, 0) is 22.0 Å². The van der Waals surface area contributed by atoms with Gasteiger partial charge >= 0.3 is 6.61 Å². The van der Waals surface area contributed by atoms with Gasteiger partial charge in [0.25, 0.3) is 5.88 Å². The molecule has 0 N–H and O–H groups in total. The molecule has 0 bridgehead atoms. The zero-order valence-corrected chi connectivity index (χ0v) is 7.19. The molecule has 0 spiro atoms. The van der Waals surface area contributed by atoms with Gasteiger partial charge in [0.2, 0.25) is 0 Å². The molecule has 0 radical (unpaired) electrons. The van der Waals surface area contributed by atoms with E-state index in [4.69, 9.17) is 0 Å². The monoisotopic (exact) mass is 241 g/mol. The maximum atomic E-state index is 12.7. The van der Waals surface area contributed by atoms with Crippen LogP contribution in [-0.4, -0.2) is 11.6 Å². The van der Waals surface area contributed by atoms with E-state index in [0.717, 1.165) is 6.07 Å². The van der Waals surface area contributed by atoms with E-state index >= 15 is 0 Å². The highest BCUT2D eigenvalue weighted by atomic mass is 79.9. The van der Waals surface area contributed by atoms with Crippen LogP contribution in [0, 0.1) is 5.82 Å². The Bertz CT molecular complexity index is 281. The molecule has 0 atom stereocenters. The van der Waals surface area contributed by atoms with Gasteiger partial charge in [0.1, 0.15) is 0 Å². The Morgan fingerprint density at radius 2 is 2.17 bits per heavy atom. The van der Waals surface area contributed by atoms with E-state index in [2.05, 4.69) is 25.7 Å². The largest absolute Gasteiger partial charge is 0.414 e. The molecule has 0 fully saturated rings. The first-order valence-electron chi connectivity index (χ1n) is 2.85. The summed E-state index contributed by atoms with van der Waals surface area (Å²) >= 11 is 2.92. The quantitative estimate of drug-likeness (QED) is 0.795. The number of pyridine rings is 1. The zero-order valence-electron chi connectivity index (χ0n) is 5.60. The van der Waals surface area contributed by atoms with Crippen molar-refractivity contribution >= 4 is 15.9 Å². The van der Waals surface area contributed by atoms with Gasteiger partial charge in [-0.3, -0.25) is 0 Å². The normalized spacial score (nSPS) is 10.4. The summed E-state index contributed by atoms with van der Waals surface area (Å²) in [4.78, 5) is 3.29. The molecule has 2 nitrogen and oxygen atoms in total. The van der Waals surface area contributed by atoms with Crippen molar-refractivity contribution in [2.75, 3.05) is 0 Å². The first kappa shape index (κ1) is 9.31. The van der Waals surface area contributed by atoms with E-state index in [-0.39, 0.29) is 0 Å². The van der Waals surface area contributed by atoms with Gasteiger partial charge in [0.15, 0.2) is 5.82 Å². The van der Waals surface area contributed by atoms with Gasteiger partial charge in [-0.2, -0.15) is 8.78 Å². The van der Waals surface area contributed by atoms with Crippen LogP contribution in [0.2, 0.25) is 0 Å². The van der Waals surface area contributed by atoms with Gasteiger partial charge in [-0.25, -0.2) is 9.37 Å². The lowest BCUT2D eigenvalue weighted by Crippen LogP contribution is -2.05. The number of hydrogen-bond donors (Lipinski definition) is 0. The molecule has 0 saturated carbocycles. The number of hydrogen-bond acceptors (Lipinski definition) is 2. The number of ether oxygens (including phenoxy) is 1. The van der Waals surface area contributed by atoms with Gasteiger partial charge in [0, 0.05) is 10.7 Å². The fraction of sp³-hybridized carbons (Fsp3) is 0.167. The smallest absolute Gasteiger partial charge is 0.388 e. The fourth-order valence-electron chi connectivity index (χ4n) is 0.573. The van der Waals surface area contributed by atoms with Crippen LogP contribution in [0.15, 0.2) is 16.7 Å². The minimum Gasteiger partial charge on any atom is -0.414 e. The van der Waals surface area contributed by atoms with Crippen molar-refractivity contribution in [1.29, 1.82) is 0 Å². The molecule has 0 aliphatic carbocycles. The topological polar surface area (TPSA) is 22.1 Å². The third kappa shape index (κ3) is 2.37. The van der Waals surface area contributed by atoms with Crippen molar-refractivity contribution in [2.24, 2.45) is 0 Å². The maximum Gasteiger partial charge on any atom is 0.388 e. The second-order valence-corrected chi connectivity index (χ2v) is 2.73. The van der Waals surface area contributed by atoms with Crippen LogP contribution in [0.1, 0.15) is 0 Å². The fourth-order valence-corrected chi connectivity index (χ4v) is 0.876. The Balaban J connectivity index is 2.86. The molecule has 0 aromatic carbocycles. The van der Waals surface area contributed by atoms with Gasteiger partial charge in [-0.15, -0.1) is 0 Å². The highest BCUT2D eigenvalue weighted by molar-refractivity contribution is 9.10. The van der Waals surface area contributed by atoms with Crippen LogP contribution in [0.25, 0.3) is 0 Å². The molecule has 1 rings (SSSR count). The van der Waals surface area contributed by atoms with Crippen LogP contribution in [0.5, 0.6) is 5.88 Å². The molecule has 0 saturated heterocycles. The van der Waals surface area contributed by atoms with E-state index in [1.54, 1.807) is 0 Å². The van der Waals surface area contributed by atoms with E-state index in [0.29, 0.717) is 4.47 Å². The number of halogens is 4. The van der Waals surface area contributed by atoms with Crippen LogP contribution in [0.3, 0.4) is 0 Å². The molecule has 1 heterocycles. The molecule has 66 valence electrons. The zero-order chi connectivity index (χ0) is 9.14. The predicted molar refractivity (Wildman–Crippen MR) is 38.5 cm³/mol. The van der Waals surface area contributed by atoms with Gasteiger partial charge < -0.3 is 4.74 Å². The van der Waals surface area contributed by atoms with Crippen LogP contribution in [-0.2, 0) is 0 Å². The van der Waals surface area contributed by atoms with E-state index < -0.39 is 18.3 Å². The van der Waals surface area contributed by atoms with Crippen LogP contribution >= 0.6 is 15.9 Å². The highest BCUT2D eigenvalue weighted by Gasteiger charge is 2.10. The lowest BCUT2D eigenvalue weighted by atomic mass is 10.5. The minimum atomic E-state index is -3.06. The van der Waals surface area contributed by atoms with Crippen molar-refractivity contribution in [3.05, 3.63) is 22.6 Å². The van der Waals surface area contributed by atoms with Crippen molar-refractivity contribution < 1.29 is 17.9 Å². The Morgan fingerprint density at radius 3 is 2.67 bits per heavy atom. The van der Waals surface area contributed by atoms with E-state index in [9.17, 15) is 13.2 Å². The van der Waals surface area contributed by atoms with Crippen LogP contribution in [0.4, 0.5) is 13.2 Å². The average molecular weight is 242 g/mol. The van der Waals surface area contributed by atoms with Crippen LogP contribution < -0.4 is 4.74 Å². The Kier molecular flexibility index (Phi) is 2.91. The summed E-state index contributed by atoms with van der Waals surface area (Å²) in [5.41, 5.74) is 0. The van der Waals surface area contributed by atoms with Gasteiger partial charge in [-0.1, -0.05) is 0 Å². The average Bonchev–Trinajstić information content (AvgIpc) is 1.94. The second kappa shape index (κ2) is 3.75. The molecular weight excluding hydrogens is 239 g/mol. The Labute approximate surface area is 74.5 Å². The first-order chi connectivity index (χ1) is 5.59. The van der Waals surface area contributed by atoms with Crippen molar-refractivity contribution in [1.82, 2.24) is 4.98 Å². The van der Waals surface area contributed by atoms with Gasteiger partial charge in [0.05, 0.1) is 0 Å². The number of alkyl halides is 2. The molecule has 0 unspecified atom stereocenters. The minimum absolute atomic E-state index is 0.363. The molecule has 12 heavy (non-hydrogen) atoms. The van der Waals surface area contributed by atoms with Crippen molar-refractivity contribution in [2.45, 2.75) is 6.61 Å². The number of nitrogens with zero attached hydrogens (tertiary/aromatic N) is 1. The summed E-state index contributed by atoms with van der Waals surface area (Å²) in [6.07, 6.45) is 1.17. The molecule has 1 aromatic rings. The summed E-state index contributed by atoms with van der Waals surface area (Å²) in [5, 5.41) is 0. The summed E-state index contributed by atoms with van der Waals surface area (Å²) < 4.78 is 39.9. The summed E-state index contributed by atoms with van der Waals surface area (Å²) in [6, 6.07) is 0.991. The van der Waals surface area contributed by atoms with E-state index in [1.807, 2.05) is 0 Å². The maximum absolute atomic E-state index is 12.7. The molecule has 0 amide bonds. The third-order valence-electron chi connectivity index (χ3n) is 0.975. The SMILES string of the molecule is Fc1cc(Br)cnc1OC(F)F. The molecule has 1 aromatic heterocycles. The molecular formula is C6H3BrF3NO. The van der Waals surface area contributed by atoms with Crippen molar-refractivity contribution in [3.63, 3.8) is 0 Å². The Morgan fingerprint density at radius 1 is 1.50 bits per heavy atom. The third-order valence-corrected chi connectivity index (χ3v) is 1.41. The summed E-state index contributed by atoms with van der Waals surface area (Å²) in [7, 11) is 0. The molecule has 6 heteroatoms. The summed E-state index contributed by atoms with van der Waals surface area (Å²) in [6.45, 7) is -3.06. The lowest BCUT2D eigenvalue weighted by Gasteiger charge is -2.03. The van der Waals surface area contributed by atoms with Crippen molar-refractivity contribution in [3.8, 4) is 5.88 Å². The molecule has 0 aliphatic heterocycles. The highest BCUT2D eigenvalue weighted by Crippen LogP contribution is 2.19. The lowest BCUT2D eigenvalue weighted by molar-refractivity contribution is -0.0553. The molecule has 0 aliphatic rings. The predicted octanol–water partition coefficient (Wildman–Crippen LogP) is 2.58. The Hall–Kier alpha value is -0.780. The first-order valence-corrected chi connectivity index (χ1v) is 3.65. The second-order valence-electron chi connectivity index (χ2n) is 1.82. The number of aromatic nitrogens is 1. The summed E-state index contributed by atoms with van der Waals surface area (Å²) in [5.74, 6) is -1.63. The van der Waals surface area contributed by atoms with E-state index in [1.165, 1.54) is 6.20 Å². The number of rotatable bonds is 2. The standard InChI is InChI=1S/C6H3BrF3NO/c7-3-1-4(8)5(11-2-3)12-6(9)10/h1-2,6H.